The van der Waals surface area contributed by atoms with Gasteiger partial charge in [-0.25, -0.2) is 0 Å². The summed E-state index contributed by atoms with van der Waals surface area (Å²) in [4.78, 5) is 2.54. The Morgan fingerprint density at radius 2 is 1.22 bits per heavy atom. The molecule has 0 amide bonds. The molecule has 286 valence electrons. The van der Waals surface area contributed by atoms with Gasteiger partial charge in [0, 0.05) is 43.9 Å². The van der Waals surface area contributed by atoms with E-state index in [0.29, 0.717) is 0 Å². The number of hydrogen-bond donors (Lipinski definition) is 0. The average Bonchev–Trinajstić information content (AvgIpc) is 3.93. The lowest BCUT2D eigenvalue weighted by Crippen LogP contribution is -2.31. The smallest absolute Gasteiger partial charge is 0.144 e. The SMILES string of the molecule is CC1(C)c2ccccc2-c2ccc(N(c3cccc(-c4ccc5c(c4)oc4c(-c6ccccc6)c6c(cc45)oc4ccccc46)c3)C3C=CC=C(c4ccccc4)C3)cc21. The van der Waals surface area contributed by atoms with Gasteiger partial charge in [-0.3, -0.25) is 0 Å². The molecule has 3 nitrogen and oxygen atoms in total. The molecule has 0 saturated carbocycles. The van der Waals surface area contributed by atoms with Crippen molar-refractivity contribution in [1.29, 1.82) is 0 Å². The molecule has 0 saturated heterocycles. The van der Waals surface area contributed by atoms with Crippen LogP contribution in [0.25, 0.3) is 82.8 Å². The van der Waals surface area contributed by atoms with Crippen molar-refractivity contribution < 1.29 is 8.83 Å². The highest BCUT2D eigenvalue weighted by Gasteiger charge is 2.36. The summed E-state index contributed by atoms with van der Waals surface area (Å²) in [6.07, 6.45) is 7.75. The lowest BCUT2D eigenvalue weighted by Gasteiger charge is -2.35. The van der Waals surface area contributed by atoms with Crippen LogP contribution in [-0.4, -0.2) is 6.04 Å². The van der Waals surface area contributed by atoms with Gasteiger partial charge in [-0.15, -0.1) is 0 Å². The van der Waals surface area contributed by atoms with E-state index in [2.05, 4.69) is 201 Å². The third kappa shape index (κ3) is 5.36. The quantitative estimate of drug-likeness (QED) is 0.169. The number of fused-ring (bicyclic) bond motifs is 9. The molecule has 2 heterocycles. The first-order valence-electron chi connectivity index (χ1n) is 20.9. The lowest BCUT2D eigenvalue weighted by atomic mass is 9.82. The molecule has 1 atom stereocenters. The predicted octanol–water partition coefficient (Wildman–Crippen LogP) is 15.7. The van der Waals surface area contributed by atoms with Crippen molar-refractivity contribution in [3.63, 3.8) is 0 Å². The number of furan rings is 2. The van der Waals surface area contributed by atoms with Crippen LogP contribution in [0.1, 0.15) is 37.0 Å². The molecule has 60 heavy (non-hydrogen) atoms. The molecule has 2 aliphatic rings. The first kappa shape index (κ1) is 34.7. The van der Waals surface area contributed by atoms with Crippen LogP contribution in [0.15, 0.2) is 203 Å². The first-order chi connectivity index (χ1) is 29.5. The molecular weight excluding hydrogens is 731 g/mol. The molecule has 3 heteroatoms. The van der Waals surface area contributed by atoms with E-state index in [1.165, 1.54) is 39.1 Å². The van der Waals surface area contributed by atoms with Gasteiger partial charge in [0.1, 0.15) is 22.3 Å². The van der Waals surface area contributed by atoms with Gasteiger partial charge in [-0.05, 0) is 105 Å². The maximum absolute atomic E-state index is 6.94. The number of nitrogens with zero attached hydrogens (tertiary/aromatic N) is 1. The molecule has 2 aromatic heterocycles. The Morgan fingerprint density at radius 3 is 2.08 bits per heavy atom. The largest absolute Gasteiger partial charge is 0.456 e. The zero-order valence-electron chi connectivity index (χ0n) is 33.5. The highest BCUT2D eigenvalue weighted by molar-refractivity contribution is 6.23. The normalized spacial score (nSPS) is 15.4. The van der Waals surface area contributed by atoms with Crippen molar-refractivity contribution in [3.05, 3.63) is 211 Å². The van der Waals surface area contributed by atoms with Gasteiger partial charge >= 0.3 is 0 Å². The Balaban J connectivity index is 0.992. The Labute approximate surface area is 349 Å². The fourth-order valence-electron chi connectivity index (χ4n) is 10.1. The van der Waals surface area contributed by atoms with Gasteiger partial charge in [-0.1, -0.05) is 159 Å². The van der Waals surface area contributed by atoms with E-state index in [1.807, 2.05) is 12.1 Å². The monoisotopic (exact) mass is 771 g/mol. The van der Waals surface area contributed by atoms with Gasteiger partial charge in [0.15, 0.2) is 0 Å². The van der Waals surface area contributed by atoms with Crippen molar-refractivity contribution in [3.8, 4) is 33.4 Å². The fraction of sp³-hybridized carbons (Fsp3) is 0.0877. The van der Waals surface area contributed by atoms with Crippen LogP contribution in [0.5, 0.6) is 0 Å². The first-order valence-corrected chi connectivity index (χ1v) is 20.9. The molecule has 0 N–H and O–H groups in total. The van der Waals surface area contributed by atoms with E-state index in [4.69, 9.17) is 8.83 Å². The molecule has 0 fully saturated rings. The highest BCUT2D eigenvalue weighted by Crippen LogP contribution is 2.51. The minimum absolute atomic E-state index is 0.106. The van der Waals surface area contributed by atoms with Gasteiger partial charge in [-0.2, -0.15) is 0 Å². The van der Waals surface area contributed by atoms with Crippen molar-refractivity contribution in [2.45, 2.75) is 31.7 Å². The molecule has 0 aliphatic heterocycles. The second-order valence-electron chi connectivity index (χ2n) is 16.8. The van der Waals surface area contributed by atoms with E-state index < -0.39 is 0 Å². The maximum atomic E-state index is 6.94. The van der Waals surface area contributed by atoms with Crippen molar-refractivity contribution in [2.75, 3.05) is 4.90 Å². The third-order valence-electron chi connectivity index (χ3n) is 13.0. The summed E-state index contributed by atoms with van der Waals surface area (Å²) >= 11 is 0. The van der Waals surface area contributed by atoms with Gasteiger partial charge in [0.2, 0.25) is 0 Å². The van der Waals surface area contributed by atoms with Gasteiger partial charge < -0.3 is 13.7 Å². The van der Waals surface area contributed by atoms with Crippen LogP contribution < -0.4 is 4.90 Å². The number of para-hydroxylation sites is 1. The van der Waals surface area contributed by atoms with Crippen LogP contribution in [0.2, 0.25) is 0 Å². The van der Waals surface area contributed by atoms with Crippen LogP contribution in [0.3, 0.4) is 0 Å². The molecule has 8 aromatic carbocycles. The average molecular weight is 772 g/mol. The summed E-state index contributed by atoms with van der Waals surface area (Å²) in [5.41, 5.74) is 18.1. The van der Waals surface area contributed by atoms with E-state index in [0.717, 1.165) is 78.2 Å². The van der Waals surface area contributed by atoms with Crippen LogP contribution in [0, 0.1) is 0 Å². The van der Waals surface area contributed by atoms with Gasteiger partial charge in [0.25, 0.3) is 0 Å². The molecule has 10 aromatic rings. The maximum Gasteiger partial charge on any atom is 0.144 e. The fourth-order valence-corrected chi connectivity index (χ4v) is 10.1. The van der Waals surface area contributed by atoms with Crippen molar-refractivity contribution in [2.24, 2.45) is 0 Å². The molecule has 2 aliphatic carbocycles. The van der Waals surface area contributed by atoms with Crippen molar-refractivity contribution >= 4 is 60.8 Å². The van der Waals surface area contributed by atoms with Crippen LogP contribution in [0.4, 0.5) is 11.4 Å². The number of benzene rings is 8. The summed E-state index contributed by atoms with van der Waals surface area (Å²) in [5, 5.41) is 4.29. The van der Waals surface area contributed by atoms with E-state index in [9.17, 15) is 0 Å². The molecular formula is C57H41NO2. The van der Waals surface area contributed by atoms with E-state index >= 15 is 0 Å². The Morgan fingerprint density at radius 1 is 0.500 bits per heavy atom. The predicted molar refractivity (Wildman–Crippen MR) is 250 cm³/mol. The molecule has 0 radical (unpaired) electrons. The summed E-state index contributed by atoms with van der Waals surface area (Å²) in [7, 11) is 0. The second kappa shape index (κ2) is 13.3. The minimum atomic E-state index is -0.106. The number of anilines is 2. The van der Waals surface area contributed by atoms with Crippen molar-refractivity contribution in [1.82, 2.24) is 0 Å². The molecule has 12 rings (SSSR count). The van der Waals surface area contributed by atoms with E-state index in [1.54, 1.807) is 0 Å². The number of allylic oxidation sites excluding steroid dienone is 2. The van der Waals surface area contributed by atoms with Gasteiger partial charge in [0.05, 0.1) is 6.04 Å². The molecule has 0 spiro atoms. The standard InChI is InChI=1S/C57H41NO2/c1-57(2)49-25-11-9-23-44(49)45-30-28-43(34-50(45)57)58(41-21-13-19-38(31-41)36-15-5-3-6-16-36)42-22-14-20-39(32-42)40-27-29-46-48-35-53-55(47-24-10-12-26-51(47)59-53)54(37-17-7-4-8-18-37)56(48)60-52(46)33-40/h3-30,32-35,41H,31H2,1-2H3. The van der Waals surface area contributed by atoms with E-state index in [-0.39, 0.29) is 11.5 Å². The Bertz CT molecular complexity index is 3380. The van der Waals surface area contributed by atoms with Crippen LogP contribution in [-0.2, 0) is 5.41 Å². The Kier molecular flexibility index (Phi) is 7.71. The zero-order valence-corrected chi connectivity index (χ0v) is 33.5. The lowest BCUT2D eigenvalue weighted by molar-refractivity contribution is 0.659. The number of rotatable bonds is 6. The summed E-state index contributed by atoms with van der Waals surface area (Å²) in [6.45, 7) is 4.72. The summed E-state index contributed by atoms with van der Waals surface area (Å²) in [5.74, 6) is 0. The third-order valence-corrected chi connectivity index (χ3v) is 13.0. The molecule has 1 unspecified atom stereocenters. The topological polar surface area (TPSA) is 29.5 Å². The Hall–Kier alpha value is -7.36. The van der Waals surface area contributed by atoms with Crippen LogP contribution >= 0.6 is 0 Å². The minimum Gasteiger partial charge on any atom is -0.456 e. The highest BCUT2D eigenvalue weighted by atomic mass is 16.3. The summed E-state index contributed by atoms with van der Waals surface area (Å²) < 4.78 is 13.4. The zero-order chi connectivity index (χ0) is 40.0. The number of hydrogen-bond acceptors (Lipinski definition) is 3. The summed E-state index contributed by atoms with van der Waals surface area (Å²) in [6, 6.07) is 63.6. The molecule has 0 bridgehead atoms. The second-order valence-corrected chi connectivity index (χ2v) is 16.8.